The highest BCUT2D eigenvalue weighted by atomic mass is 35.5. The summed E-state index contributed by atoms with van der Waals surface area (Å²) < 4.78 is 0. The van der Waals surface area contributed by atoms with Crippen molar-refractivity contribution in [2.45, 2.75) is 25.3 Å². The number of rotatable bonds is 3. The van der Waals surface area contributed by atoms with E-state index in [4.69, 9.17) is 16.7 Å². The van der Waals surface area contributed by atoms with E-state index in [0.717, 1.165) is 29.4 Å². The maximum atomic E-state index is 11.0. The first kappa shape index (κ1) is 13.2. The maximum Gasteiger partial charge on any atom is 0.306 e. The van der Waals surface area contributed by atoms with Crippen molar-refractivity contribution >= 4 is 34.2 Å². The summed E-state index contributed by atoms with van der Waals surface area (Å²) in [6.45, 7) is 0. The molecular formula is C15H15ClN2O2. The highest BCUT2D eigenvalue weighted by Crippen LogP contribution is 2.31. The summed E-state index contributed by atoms with van der Waals surface area (Å²) in [4.78, 5) is 15.3. The first-order valence-corrected chi connectivity index (χ1v) is 7.05. The largest absolute Gasteiger partial charge is 0.481 e. The molecule has 2 atom stereocenters. The van der Waals surface area contributed by atoms with E-state index in [9.17, 15) is 4.79 Å². The van der Waals surface area contributed by atoms with Gasteiger partial charge in [0.05, 0.1) is 11.4 Å². The van der Waals surface area contributed by atoms with Crippen LogP contribution in [0.3, 0.4) is 0 Å². The van der Waals surface area contributed by atoms with Crippen molar-refractivity contribution in [1.29, 1.82) is 0 Å². The normalized spacial score (nSPS) is 22.1. The Bertz CT molecular complexity index is 659. The molecule has 1 aliphatic carbocycles. The number of hydrogen-bond donors (Lipinski definition) is 2. The molecule has 104 valence electrons. The Labute approximate surface area is 121 Å². The summed E-state index contributed by atoms with van der Waals surface area (Å²) in [5.41, 5.74) is 1.83. The Hall–Kier alpha value is -1.81. The maximum absolute atomic E-state index is 11.0. The van der Waals surface area contributed by atoms with Gasteiger partial charge in [-0.2, -0.15) is 0 Å². The predicted octanol–water partition coefficient (Wildman–Crippen LogP) is 3.55. The Balaban J connectivity index is 1.83. The van der Waals surface area contributed by atoms with Crippen molar-refractivity contribution in [2.75, 3.05) is 5.32 Å². The third-order valence-electron chi connectivity index (χ3n) is 3.85. The van der Waals surface area contributed by atoms with Gasteiger partial charge in [0.2, 0.25) is 0 Å². The van der Waals surface area contributed by atoms with Gasteiger partial charge in [0.15, 0.2) is 0 Å². The summed E-state index contributed by atoms with van der Waals surface area (Å²) in [5.74, 6) is -0.921. The lowest BCUT2D eigenvalue weighted by molar-refractivity contribution is -0.141. The van der Waals surface area contributed by atoms with Gasteiger partial charge in [-0.3, -0.25) is 9.78 Å². The van der Waals surface area contributed by atoms with Gasteiger partial charge in [0, 0.05) is 28.3 Å². The van der Waals surface area contributed by atoms with Crippen molar-refractivity contribution < 1.29 is 9.90 Å². The molecule has 2 N–H and O–H groups in total. The van der Waals surface area contributed by atoms with Gasteiger partial charge < -0.3 is 10.4 Å². The second-order valence-electron chi connectivity index (χ2n) is 5.21. The molecule has 1 fully saturated rings. The van der Waals surface area contributed by atoms with Crippen LogP contribution >= 0.6 is 11.6 Å². The quantitative estimate of drug-likeness (QED) is 0.907. The van der Waals surface area contributed by atoms with E-state index in [1.54, 1.807) is 6.20 Å². The van der Waals surface area contributed by atoms with Crippen LogP contribution in [-0.2, 0) is 4.79 Å². The first-order valence-electron chi connectivity index (χ1n) is 6.67. The van der Waals surface area contributed by atoms with E-state index in [1.807, 2.05) is 24.3 Å². The van der Waals surface area contributed by atoms with Gasteiger partial charge >= 0.3 is 5.97 Å². The zero-order chi connectivity index (χ0) is 14.1. The zero-order valence-corrected chi connectivity index (χ0v) is 11.6. The molecule has 1 saturated carbocycles. The lowest BCUT2D eigenvalue weighted by atomic mass is 10.1. The summed E-state index contributed by atoms with van der Waals surface area (Å²) in [5, 5.41) is 14.2. The monoisotopic (exact) mass is 290 g/mol. The average Bonchev–Trinajstić information content (AvgIpc) is 2.87. The minimum Gasteiger partial charge on any atom is -0.481 e. The molecule has 1 heterocycles. The van der Waals surface area contributed by atoms with Crippen molar-refractivity contribution in [1.82, 2.24) is 4.98 Å². The molecule has 0 aliphatic heterocycles. The average molecular weight is 291 g/mol. The number of aliphatic carboxylic acids is 1. The molecule has 1 aromatic carbocycles. The number of halogens is 1. The van der Waals surface area contributed by atoms with Gasteiger partial charge in [-0.05, 0) is 43.5 Å². The molecule has 0 spiro atoms. The number of hydrogen-bond acceptors (Lipinski definition) is 3. The molecule has 4 nitrogen and oxygen atoms in total. The molecule has 2 unspecified atom stereocenters. The van der Waals surface area contributed by atoms with E-state index in [2.05, 4.69) is 10.3 Å². The zero-order valence-electron chi connectivity index (χ0n) is 10.8. The van der Waals surface area contributed by atoms with Crippen LogP contribution in [0.5, 0.6) is 0 Å². The van der Waals surface area contributed by atoms with Crippen LogP contribution in [0, 0.1) is 5.92 Å². The number of benzene rings is 1. The van der Waals surface area contributed by atoms with Gasteiger partial charge in [-0.25, -0.2) is 0 Å². The van der Waals surface area contributed by atoms with Gasteiger partial charge in [-0.15, -0.1) is 0 Å². The molecule has 0 amide bonds. The Morgan fingerprint density at radius 1 is 1.35 bits per heavy atom. The molecular weight excluding hydrogens is 276 g/mol. The molecule has 3 rings (SSSR count). The van der Waals surface area contributed by atoms with Crippen molar-refractivity contribution in [3.05, 3.63) is 35.5 Å². The number of anilines is 1. The van der Waals surface area contributed by atoms with E-state index in [-0.39, 0.29) is 12.0 Å². The molecule has 0 saturated heterocycles. The SMILES string of the molecule is O=C(O)C1CCC(Nc2ccnc3cc(Cl)ccc23)C1. The molecule has 20 heavy (non-hydrogen) atoms. The van der Waals surface area contributed by atoms with Crippen LogP contribution in [0.4, 0.5) is 5.69 Å². The van der Waals surface area contributed by atoms with Crippen LogP contribution in [0.15, 0.2) is 30.5 Å². The number of carboxylic acid groups (broad SMARTS) is 1. The Morgan fingerprint density at radius 3 is 2.95 bits per heavy atom. The number of pyridine rings is 1. The topological polar surface area (TPSA) is 62.2 Å². The van der Waals surface area contributed by atoms with Crippen LogP contribution in [0.25, 0.3) is 10.9 Å². The van der Waals surface area contributed by atoms with E-state index < -0.39 is 5.97 Å². The summed E-state index contributed by atoms with van der Waals surface area (Å²) in [7, 11) is 0. The fraction of sp³-hybridized carbons (Fsp3) is 0.333. The smallest absolute Gasteiger partial charge is 0.306 e. The summed E-state index contributed by atoms with van der Waals surface area (Å²) in [6.07, 6.45) is 4.04. The van der Waals surface area contributed by atoms with E-state index in [1.165, 1.54) is 0 Å². The van der Waals surface area contributed by atoms with Gasteiger partial charge in [-0.1, -0.05) is 11.6 Å². The summed E-state index contributed by atoms with van der Waals surface area (Å²) >= 11 is 5.97. The number of carbonyl (C=O) groups is 1. The van der Waals surface area contributed by atoms with Crippen LogP contribution < -0.4 is 5.32 Å². The third kappa shape index (κ3) is 2.56. The van der Waals surface area contributed by atoms with E-state index in [0.29, 0.717) is 11.4 Å². The minimum absolute atomic E-state index is 0.206. The number of nitrogens with zero attached hydrogens (tertiary/aromatic N) is 1. The molecule has 0 bridgehead atoms. The highest BCUT2D eigenvalue weighted by Gasteiger charge is 2.29. The van der Waals surface area contributed by atoms with Crippen molar-refractivity contribution in [3.8, 4) is 0 Å². The third-order valence-corrected chi connectivity index (χ3v) is 4.08. The molecule has 0 radical (unpaired) electrons. The number of fused-ring (bicyclic) bond motifs is 1. The molecule has 5 heteroatoms. The molecule has 2 aromatic rings. The summed E-state index contributed by atoms with van der Waals surface area (Å²) in [6, 6.07) is 7.74. The Morgan fingerprint density at radius 2 is 2.20 bits per heavy atom. The second kappa shape index (κ2) is 5.29. The number of nitrogens with one attached hydrogen (secondary N) is 1. The number of carboxylic acids is 1. The standard InChI is InChI=1S/C15H15ClN2O2/c16-10-2-4-12-13(5-6-17-14(12)8-10)18-11-3-1-9(7-11)15(19)20/h2,4-6,8-9,11H,1,3,7H2,(H,17,18)(H,19,20). The molecule has 1 aromatic heterocycles. The lowest BCUT2D eigenvalue weighted by Crippen LogP contribution is -2.18. The lowest BCUT2D eigenvalue weighted by Gasteiger charge is -2.15. The van der Waals surface area contributed by atoms with Gasteiger partial charge in [0.1, 0.15) is 0 Å². The van der Waals surface area contributed by atoms with Gasteiger partial charge in [0.25, 0.3) is 0 Å². The van der Waals surface area contributed by atoms with Crippen LogP contribution in [0.2, 0.25) is 5.02 Å². The minimum atomic E-state index is -0.694. The highest BCUT2D eigenvalue weighted by molar-refractivity contribution is 6.31. The second-order valence-corrected chi connectivity index (χ2v) is 5.65. The van der Waals surface area contributed by atoms with E-state index >= 15 is 0 Å². The predicted molar refractivity (Wildman–Crippen MR) is 79.1 cm³/mol. The van der Waals surface area contributed by atoms with Crippen LogP contribution in [-0.4, -0.2) is 22.1 Å². The fourth-order valence-electron chi connectivity index (χ4n) is 2.80. The Kier molecular flexibility index (Phi) is 3.49. The fourth-order valence-corrected chi connectivity index (χ4v) is 2.97. The number of aromatic nitrogens is 1. The first-order chi connectivity index (χ1) is 9.63. The molecule has 1 aliphatic rings. The van der Waals surface area contributed by atoms with Crippen molar-refractivity contribution in [3.63, 3.8) is 0 Å². The van der Waals surface area contributed by atoms with Crippen LogP contribution in [0.1, 0.15) is 19.3 Å². The van der Waals surface area contributed by atoms with Crippen molar-refractivity contribution in [2.24, 2.45) is 5.92 Å².